The van der Waals surface area contributed by atoms with E-state index in [2.05, 4.69) is 10.4 Å². The van der Waals surface area contributed by atoms with Crippen LogP contribution in [0.5, 0.6) is 0 Å². The quantitative estimate of drug-likeness (QED) is 0.705. The van der Waals surface area contributed by atoms with E-state index in [1.807, 2.05) is 18.2 Å². The van der Waals surface area contributed by atoms with Crippen LogP contribution in [0.25, 0.3) is 16.9 Å². The van der Waals surface area contributed by atoms with Crippen molar-refractivity contribution in [1.29, 1.82) is 0 Å². The molecule has 1 aliphatic rings. The molecule has 2 heterocycles. The molecule has 0 bridgehead atoms. The fourth-order valence-electron chi connectivity index (χ4n) is 3.07. The molecular weight excluding hydrogens is 382 g/mol. The number of hydrogen-bond acceptors (Lipinski definition) is 4. The maximum atomic E-state index is 12.6. The van der Waals surface area contributed by atoms with Crippen LogP contribution in [0.2, 0.25) is 5.02 Å². The summed E-state index contributed by atoms with van der Waals surface area (Å²) in [6.07, 6.45) is 0.758. The molecule has 1 aliphatic heterocycles. The van der Waals surface area contributed by atoms with Gasteiger partial charge in [-0.05, 0) is 54.4 Å². The normalized spacial score (nSPS) is 12.7. The second-order valence-corrected chi connectivity index (χ2v) is 7.81. The number of benzene rings is 2. The molecule has 2 aromatic carbocycles. The van der Waals surface area contributed by atoms with E-state index in [-0.39, 0.29) is 11.5 Å². The summed E-state index contributed by atoms with van der Waals surface area (Å²) in [5, 5.41) is 8.08. The van der Waals surface area contributed by atoms with Crippen molar-refractivity contribution in [3.8, 4) is 16.9 Å². The standard InChI is InChI=1S/C20H16ClN3O2S/c1-12(25)22-15-4-7-18-17(11-15)20-13(8-9-27-18)10-19(26)24(23-20)16-5-2-14(21)3-6-16/h2-7,10-11H,8-9H2,1H3,(H,22,25). The molecule has 1 aromatic heterocycles. The number of fused-ring (bicyclic) bond motifs is 3. The monoisotopic (exact) mass is 397 g/mol. The van der Waals surface area contributed by atoms with Gasteiger partial charge in [-0.1, -0.05) is 11.6 Å². The maximum Gasteiger partial charge on any atom is 0.271 e. The van der Waals surface area contributed by atoms with Crippen LogP contribution in [-0.4, -0.2) is 21.4 Å². The lowest BCUT2D eigenvalue weighted by Crippen LogP contribution is -2.22. The lowest BCUT2D eigenvalue weighted by molar-refractivity contribution is -0.114. The Balaban J connectivity index is 1.90. The highest BCUT2D eigenvalue weighted by molar-refractivity contribution is 7.99. The first-order chi connectivity index (χ1) is 13.0. The number of thioether (sulfide) groups is 1. The first-order valence-corrected chi connectivity index (χ1v) is 9.81. The van der Waals surface area contributed by atoms with E-state index >= 15 is 0 Å². The predicted octanol–water partition coefficient (Wildman–Crippen LogP) is 4.16. The van der Waals surface area contributed by atoms with Crippen molar-refractivity contribution < 1.29 is 4.79 Å². The van der Waals surface area contributed by atoms with Crippen molar-refractivity contribution in [2.75, 3.05) is 11.1 Å². The number of aryl methyl sites for hydroxylation is 1. The molecule has 136 valence electrons. The van der Waals surface area contributed by atoms with Gasteiger partial charge in [0.15, 0.2) is 0 Å². The zero-order valence-corrected chi connectivity index (χ0v) is 16.1. The van der Waals surface area contributed by atoms with Crippen molar-refractivity contribution in [3.05, 3.63) is 69.5 Å². The fourth-order valence-corrected chi connectivity index (χ4v) is 4.21. The van der Waals surface area contributed by atoms with Gasteiger partial charge in [-0.2, -0.15) is 9.78 Å². The number of rotatable bonds is 2. The number of hydrogen-bond donors (Lipinski definition) is 1. The molecule has 1 amide bonds. The van der Waals surface area contributed by atoms with Crippen LogP contribution in [0.1, 0.15) is 12.5 Å². The molecule has 0 spiro atoms. The summed E-state index contributed by atoms with van der Waals surface area (Å²) in [7, 11) is 0. The minimum absolute atomic E-state index is 0.129. The topological polar surface area (TPSA) is 64.0 Å². The van der Waals surface area contributed by atoms with E-state index in [1.54, 1.807) is 42.1 Å². The zero-order valence-electron chi connectivity index (χ0n) is 14.5. The lowest BCUT2D eigenvalue weighted by atomic mass is 10.0. The van der Waals surface area contributed by atoms with E-state index in [0.717, 1.165) is 33.9 Å². The van der Waals surface area contributed by atoms with Crippen LogP contribution in [-0.2, 0) is 11.2 Å². The summed E-state index contributed by atoms with van der Waals surface area (Å²) in [6.45, 7) is 1.48. The van der Waals surface area contributed by atoms with Crippen molar-refractivity contribution >= 4 is 35.0 Å². The number of amides is 1. The van der Waals surface area contributed by atoms with Crippen molar-refractivity contribution in [1.82, 2.24) is 9.78 Å². The molecule has 0 atom stereocenters. The highest BCUT2D eigenvalue weighted by atomic mass is 35.5. The Morgan fingerprint density at radius 2 is 1.96 bits per heavy atom. The van der Waals surface area contributed by atoms with Gasteiger partial charge in [0.1, 0.15) is 0 Å². The highest BCUT2D eigenvalue weighted by Crippen LogP contribution is 2.37. The number of aromatic nitrogens is 2. The van der Waals surface area contributed by atoms with E-state index in [4.69, 9.17) is 11.6 Å². The summed E-state index contributed by atoms with van der Waals surface area (Å²) >= 11 is 7.68. The second-order valence-electron chi connectivity index (χ2n) is 6.24. The van der Waals surface area contributed by atoms with Crippen molar-refractivity contribution in [2.45, 2.75) is 18.2 Å². The minimum Gasteiger partial charge on any atom is -0.326 e. The Bertz CT molecular complexity index is 1090. The smallest absolute Gasteiger partial charge is 0.271 e. The molecule has 7 heteroatoms. The van der Waals surface area contributed by atoms with Gasteiger partial charge in [-0.25, -0.2) is 0 Å². The molecule has 3 aromatic rings. The van der Waals surface area contributed by atoms with Gasteiger partial charge in [-0.15, -0.1) is 11.8 Å². The van der Waals surface area contributed by atoms with E-state index in [0.29, 0.717) is 16.4 Å². The van der Waals surface area contributed by atoms with E-state index in [1.165, 1.54) is 11.6 Å². The summed E-state index contributed by atoms with van der Waals surface area (Å²) in [6, 6.07) is 14.4. The van der Waals surface area contributed by atoms with Crippen LogP contribution in [0.3, 0.4) is 0 Å². The number of nitrogens with one attached hydrogen (secondary N) is 1. The zero-order chi connectivity index (χ0) is 19.0. The lowest BCUT2D eigenvalue weighted by Gasteiger charge is -2.13. The average molecular weight is 398 g/mol. The summed E-state index contributed by atoms with van der Waals surface area (Å²) < 4.78 is 1.39. The summed E-state index contributed by atoms with van der Waals surface area (Å²) in [5.41, 5.74) is 3.78. The van der Waals surface area contributed by atoms with Crippen LogP contribution in [0, 0.1) is 0 Å². The first-order valence-electron chi connectivity index (χ1n) is 8.45. The second kappa shape index (κ2) is 7.21. The van der Waals surface area contributed by atoms with Gasteiger partial charge in [0, 0.05) is 39.9 Å². The van der Waals surface area contributed by atoms with Crippen LogP contribution in [0.15, 0.2) is 58.2 Å². The van der Waals surface area contributed by atoms with Gasteiger partial charge in [0.2, 0.25) is 5.91 Å². The molecule has 1 N–H and O–H groups in total. The molecule has 5 nitrogen and oxygen atoms in total. The Labute approximate surface area is 165 Å². The van der Waals surface area contributed by atoms with Gasteiger partial charge < -0.3 is 5.32 Å². The van der Waals surface area contributed by atoms with Gasteiger partial charge >= 0.3 is 0 Å². The van der Waals surface area contributed by atoms with Gasteiger partial charge in [0.05, 0.1) is 11.4 Å². The Morgan fingerprint density at radius 3 is 2.70 bits per heavy atom. The molecule has 0 radical (unpaired) electrons. The minimum atomic E-state index is -0.178. The molecule has 4 rings (SSSR count). The molecule has 0 saturated heterocycles. The van der Waals surface area contributed by atoms with E-state index < -0.39 is 0 Å². The fraction of sp³-hybridized carbons (Fsp3) is 0.150. The largest absolute Gasteiger partial charge is 0.326 e. The van der Waals surface area contributed by atoms with Crippen LogP contribution < -0.4 is 10.9 Å². The third-order valence-corrected chi connectivity index (χ3v) is 5.59. The molecule has 0 fully saturated rings. The number of carbonyl (C=O) groups excluding carboxylic acids is 1. The van der Waals surface area contributed by atoms with E-state index in [9.17, 15) is 9.59 Å². The average Bonchev–Trinajstić information content (AvgIpc) is 2.80. The molecule has 0 saturated carbocycles. The first kappa shape index (κ1) is 17.8. The maximum absolute atomic E-state index is 12.6. The third kappa shape index (κ3) is 3.63. The number of carbonyl (C=O) groups is 1. The third-order valence-electron chi connectivity index (χ3n) is 4.27. The Kier molecular flexibility index (Phi) is 4.76. The van der Waals surface area contributed by atoms with Crippen molar-refractivity contribution in [3.63, 3.8) is 0 Å². The Morgan fingerprint density at radius 1 is 1.19 bits per heavy atom. The van der Waals surface area contributed by atoms with Crippen LogP contribution >= 0.6 is 23.4 Å². The summed E-state index contributed by atoms with van der Waals surface area (Å²) in [5.74, 6) is 0.738. The Hall–Kier alpha value is -2.57. The number of nitrogens with zero attached hydrogens (tertiary/aromatic N) is 2. The van der Waals surface area contributed by atoms with Gasteiger partial charge in [0.25, 0.3) is 5.56 Å². The predicted molar refractivity (Wildman–Crippen MR) is 109 cm³/mol. The molecular formula is C20H16ClN3O2S. The number of halogens is 1. The SMILES string of the molecule is CC(=O)Nc1ccc2c(c1)-c1nn(-c3ccc(Cl)cc3)c(=O)cc1CCS2. The molecule has 0 aliphatic carbocycles. The van der Waals surface area contributed by atoms with Gasteiger partial charge in [-0.3, -0.25) is 9.59 Å². The molecule has 0 unspecified atom stereocenters. The van der Waals surface area contributed by atoms with Crippen molar-refractivity contribution in [2.24, 2.45) is 0 Å². The molecule has 27 heavy (non-hydrogen) atoms. The van der Waals surface area contributed by atoms with Crippen LogP contribution in [0.4, 0.5) is 5.69 Å². The summed E-state index contributed by atoms with van der Waals surface area (Å²) in [4.78, 5) is 25.1. The highest BCUT2D eigenvalue weighted by Gasteiger charge is 2.19. The number of anilines is 1.